The predicted octanol–water partition coefficient (Wildman–Crippen LogP) is 2.57. The summed E-state index contributed by atoms with van der Waals surface area (Å²) < 4.78 is 0. The van der Waals surface area contributed by atoms with E-state index in [0.29, 0.717) is 6.04 Å². The summed E-state index contributed by atoms with van der Waals surface area (Å²) in [5, 5.41) is 7.42. The number of benzene rings is 1. The second-order valence-corrected chi connectivity index (χ2v) is 3.50. The molecule has 3 heteroatoms. The van der Waals surface area contributed by atoms with Crippen LogP contribution in [0.25, 0.3) is 0 Å². The van der Waals surface area contributed by atoms with Crippen LogP contribution in [0.15, 0.2) is 18.2 Å². The van der Waals surface area contributed by atoms with Gasteiger partial charge >= 0.3 is 0 Å². The summed E-state index contributed by atoms with van der Waals surface area (Å²) in [5.74, 6) is 0. The van der Waals surface area contributed by atoms with E-state index in [0.717, 1.165) is 22.9 Å². The molecule has 1 heterocycles. The molecule has 0 fully saturated rings. The van der Waals surface area contributed by atoms with Gasteiger partial charge in [-0.3, -0.25) is 0 Å². The van der Waals surface area contributed by atoms with Gasteiger partial charge in [0.25, 0.3) is 0 Å². The third-order valence-electron chi connectivity index (χ3n) is 2.00. The summed E-state index contributed by atoms with van der Waals surface area (Å²) >= 11 is 6.00. The SMILES string of the molecule is CC1CNc2cccc(Cl)c2N1. The zero-order valence-corrected chi connectivity index (χ0v) is 7.65. The van der Waals surface area contributed by atoms with Crippen LogP contribution >= 0.6 is 11.6 Å². The van der Waals surface area contributed by atoms with Crippen LogP contribution in [0.4, 0.5) is 11.4 Å². The van der Waals surface area contributed by atoms with E-state index >= 15 is 0 Å². The summed E-state index contributed by atoms with van der Waals surface area (Å²) in [6, 6.07) is 6.32. The molecule has 0 bridgehead atoms. The maximum atomic E-state index is 6.00. The molecule has 2 rings (SSSR count). The molecule has 1 aromatic rings. The number of para-hydroxylation sites is 1. The first kappa shape index (κ1) is 7.74. The Morgan fingerprint density at radius 1 is 1.50 bits per heavy atom. The maximum absolute atomic E-state index is 6.00. The Kier molecular flexibility index (Phi) is 1.85. The van der Waals surface area contributed by atoms with Crippen LogP contribution in [0.1, 0.15) is 6.92 Å². The first-order valence-corrected chi connectivity index (χ1v) is 4.44. The van der Waals surface area contributed by atoms with Gasteiger partial charge < -0.3 is 10.6 Å². The molecule has 1 aromatic carbocycles. The topological polar surface area (TPSA) is 24.1 Å². The van der Waals surface area contributed by atoms with E-state index < -0.39 is 0 Å². The maximum Gasteiger partial charge on any atom is 0.0767 e. The van der Waals surface area contributed by atoms with Crippen LogP contribution in [0.3, 0.4) is 0 Å². The molecule has 0 saturated heterocycles. The second-order valence-electron chi connectivity index (χ2n) is 3.09. The minimum atomic E-state index is 0.442. The van der Waals surface area contributed by atoms with Crippen LogP contribution in [0.5, 0.6) is 0 Å². The normalized spacial score (nSPS) is 20.7. The summed E-state index contributed by atoms with van der Waals surface area (Å²) in [6.45, 7) is 3.08. The highest BCUT2D eigenvalue weighted by Crippen LogP contribution is 2.32. The Balaban J connectivity index is 2.43. The average molecular weight is 183 g/mol. The van der Waals surface area contributed by atoms with Gasteiger partial charge in [0.2, 0.25) is 0 Å². The van der Waals surface area contributed by atoms with Crippen molar-refractivity contribution in [3.8, 4) is 0 Å². The Labute approximate surface area is 76.9 Å². The number of hydrogen-bond donors (Lipinski definition) is 2. The highest BCUT2D eigenvalue weighted by Gasteiger charge is 2.14. The van der Waals surface area contributed by atoms with Crippen molar-refractivity contribution in [1.29, 1.82) is 0 Å². The Morgan fingerprint density at radius 3 is 3.17 bits per heavy atom. The Morgan fingerprint density at radius 2 is 2.33 bits per heavy atom. The van der Waals surface area contributed by atoms with Crippen molar-refractivity contribution in [2.45, 2.75) is 13.0 Å². The van der Waals surface area contributed by atoms with Gasteiger partial charge in [-0.25, -0.2) is 0 Å². The quantitative estimate of drug-likeness (QED) is 0.645. The lowest BCUT2D eigenvalue weighted by Gasteiger charge is -2.26. The molecule has 2 N–H and O–H groups in total. The fraction of sp³-hybridized carbons (Fsp3) is 0.333. The molecule has 2 nitrogen and oxygen atoms in total. The summed E-state index contributed by atoms with van der Waals surface area (Å²) in [6.07, 6.45) is 0. The lowest BCUT2D eigenvalue weighted by molar-refractivity contribution is 0.818. The number of hydrogen-bond acceptors (Lipinski definition) is 2. The monoisotopic (exact) mass is 182 g/mol. The second kappa shape index (κ2) is 2.87. The number of halogens is 1. The zero-order chi connectivity index (χ0) is 8.55. The van der Waals surface area contributed by atoms with Crippen molar-refractivity contribution < 1.29 is 0 Å². The molecule has 0 aromatic heterocycles. The third kappa shape index (κ3) is 1.23. The van der Waals surface area contributed by atoms with Gasteiger partial charge in [0.15, 0.2) is 0 Å². The molecule has 0 spiro atoms. The molecule has 0 radical (unpaired) electrons. The molecule has 1 aliphatic heterocycles. The highest BCUT2D eigenvalue weighted by atomic mass is 35.5. The van der Waals surface area contributed by atoms with Gasteiger partial charge in [0.05, 0.1) is 16.4 Å². The smallest absolute Gasteiger partial charge is 0.0767 e. The zero-order valence-electron chi connectivity index (χ0n) is 6.89. The molecule has 1 unspecified atom stereocenters. The standard InChI is InChI=1S/C9H11ClN2/c1-6-5-11-8-4-2-3-7(10)9(8)12-6/h2-4,6,11-12H,5H2,1H3. The van der Waals surface area contributed by atoms with Crippen LogP contribution < -0.4 is 10.6 Å². The summed E-state index contributed by atoms with van der Waals surface area (Å²) in [4.78, 5) is 0. The summed E-state index contributed by atoms with van der Waals surface area (Å²) in [5.41, 5.74) is 2.12. The first-order chi connectivity index (χ1) is 5.77. The molecule has 1 atom stereocenters. The van der Waals surface area contributed by atoms with Crippen LogP contribution in [0, 0.1) is 0 Å². The average Bonchev–Trinajstić information content (AvgIpc) is 2.07. The van der Waals surface area contributed by atoms with Crippen molar-refractivity contribution in [3.63, 3.8) is 0 Å². The van der Waals surface area contributed by atoms with Crippen molar-refractivity contribution in [2.24, 2.45) is 0 Å². The van der Waals surface area contributed by atoms with E-state index in [1.54, 1.807) is 0 Å². The lowest BCUT2D eigenvalue weighted by atomic mass is 10.2. The summed E-state index contributed by atoms with van der Waals surface area (Å²) in [7, 11) is 0. The number of fused-ring (bicyclic) bond motifs is 1. The molecule has 0 amide bonds. The van der Waals surface area contributed by atoms with Gasteiger partial charge in [0.1, 0.15) is 0 Å². The van der Waals surface area contributed by atoms with E-state index in [2.05, 4.69) is 17.6 Å². The number of rotatable bonds is 0. The molecule has 64 valence electrons. The largest absolute Gasteiger partial charge is 0.381 e. The van der Waals surface area contributed by atoms with Gasteiger partial charge in [0, 0.05) is 12.6 Å². The van der Waals surface area contributed by atoms with E-state index in [4.69, 9.17) is 11.6 Å². The first-order valence-electron chi connectivity index (χ1n) is 4.06. The molecule has 12 heavy (non-hydrogen) atoms. The fourth-order valence-corrected chi connectivity index (χ4v) is 1.61. The van der Waals surface area contributed by atoms with E-state index in [1.807, 2.05) is 18.2 Å². The van der Waals surface area contributed by atoms with Gasteiger partial charge in [-0.2, -0.15) is 0 Å². The van der Waals surface area contributed by atoms with Gasteiger partial charge in [-0.05, 0) is 19.1 Å². The third-order valence-corrected chi connectivity index (χ3v) is 2.32. The van der Waals surface area contributed by atoms with E-state index in [1.165, 1.54) is 0 Å². The van der Waals surface area contributed by atoms with E-state index in [-0.39, 0.29) is 0 Å². The minimum absolute atomic E-state index is 0.442. The van der Waals surface area contributed by atoms with Crippen molar-refractivity contribution >= 4 is 23.0 Å². The fourth-order valence-electron chi connectivity index (χ4n) is 1.38. The van der Waals surface area contributed by atoms with Crippen molar-refractivity contribution in [2.75, 3.05) is 17.2 Å². The molecular formula is C9H11ClN2. The van der Waals surface area contributed by atoms with Gasteiger partial charge in [-0.1, -0.05) is 17.7 Å². The lowest BCUT2D eigenvalue weighted by Crippen LogP contribution is -2.30. The highest BCUT2D eigenvalue weighted by molar-refractivity contribution is 6.34. The van der Waals surface area contributed by atoms with Crippen LogP contribution in [-0.2, 0) is 0 Å². The molecular weight excluding hydrogens is 172 g/mol. The van der Waals surface area contributed by atoms with E-state index in [9.17, 15) is 0 Å². The van der Waals surface area contributed by atoms with Crippen LogP contribution in [0.2, 0.25) is 5.02 Å². The van der Waals surface area contributed by atoms with Crippen LogP contribution in [-0.4, -0.2) is 12.6 Å². The number of nitrogens with one attached hydrogen (secondary N) is 2. The Hall–Kier alpha value is -0.890. The number of anilines is 2. The van der Waals surface area contributed by atoms with Crippen molar-refractivity contribution in [1.82, 2.24) is 0 Å². The minimum Gasteiger partial charge on any atom is -0.381 e. The van der Waals surface area contributed by atoms with Crippen molar-refractivity contribution in [3.05, 3.63) is 23.2 Å². The Bertz CT molecular complexity index is 299. The van der Waals surface area contributed by atoms with Gasteiger partial charge in [-0.15, -0.1) is 0 Å². The molecule has 0 aliphatic carbocycles. The molecule has 0 saturated carbocycles. The predicted molar refractivity (Wildman–Crippen MR) is 53.0 cm³/mol. The molecule has 1 aliphatic rings.